The van der Waals surface area contributed by atoms with Gasteiger partial charge in [0.1, 0.15) is 0 Å². The predicted octanol–water partition coefficient (Wildman–Crippen LogP) is 3.15. The predicted molar refractivity (Wildman–Crippen MR) is 56.4 cm³/mol. The molecule has 0 heterocycles. The van der Waals surface area contributed by atoms with Gasteiger partial charge in [0.2, 0.25) is 0 Å². The molecule has 0 amide bonds. The summed E-state index contributed by atoms with van der Waals surface area (Å²) in [7, 11) is 0. The summed E-state index contributed by atoms with van der Waals surface area (Å²) in [6.45, 7) is 15.0. The Bertz CT molecular complexity index is 108. The van der Waals surface area contributed by atoms with E-state index < -0.39 is 0 Å². The number of rotatable bonds is 5. The third-order valence-electron chi connectivity index (χ3n) is 2.63. The molecule has 1 unspecified atom stereocenters. The maximum atomic E-state index is 2.59. The Kier molecular flexibility index (Phi) is 5.56. The molecule has 0 spiro atoms. The summed E-state index contributed by atoms with van der Waals surface area (Å²) in [5.41, 5.74) is 0. The maximum Gasteiger partial charge on any atom is 0.00926 e. The molecule has 1 nitrogen and oxygen atoms in total. The van der Waals surface area contributed by atoms with Gasteiger partial charge in [0.25, 0.3) is 0 Å². The molecule has 0 aromatic carbocycles. The van der Waals surface area contributed by atoms with Crippen LogP contribution in [-0.4, -0.2) is 23.5 Å². The van der Waals surface area contributed by atoms with Gasteiger partial charge in [-0.15, -0.1) is 0 Å². The smallest absolute Gasteiger partial charge is 0.00926 e. The van der Waals surface area contributed by atoms with Crippen LogP contribution in [0.2, 0.25) is 0 Å². The Morgan fingerprint density at radius 1 is 1.00 bits per heavy atom. The fraction of sp³-hybridized carbons (Fsp3) is 1.00. The van der Waals surface area contributed by atoms with E-state index in [2.05, 4.69) is 46.4 Å². The van der Waals surface area contributed by atoms with E-state index in [9.17, 15) is 0 Å². The van der Waals surface area contributed by atoms with Crippen molar-refractivity contribution in [3.8, 4) is 0 Å². The molecule has 0 aromatic rings. The zero-order valence-corrected chi connectivity index (χ0v) is 9.59. The zero-order chi connectivity index (χ0) is 9.72. The Balaban J connectivity index is 4.09. The second kappa shape index (κ2) is 5.58. The van der Waals surface area contributed by atoms with E-state index in [1.165, 1.54) is 13.0 Å². The lowest BCUT2D eigenvalue weighted by atomic mass is 10.0. The largest absolute Gasteiger partial charge is 0.298 e. The fourth-order valence-electron chi connectivity index (χ4n) is 1.57. The van der Waals surface area contributed by atoms with Crippen LogP contribution in [0.25, 0.3) is 0 Å². The first-order chi connectivity index (χ1) is 5.50. The Morgan fingerprint density at radius 2 is 1.50 bits per heavy atom. The van der Waals surface area contributed by atoms with Crippen molar-refractivity contribution in [3.05, 3.63) is 0 Å². The molecule has 0 radical (unpaired) electrons. The minimum Gasteiger partial charge on any atom is -0.298 e. The average molecular weight is 171 g/mol. The number of hydrogen-bond donors (Lipinski definition) is 0. The normalized spacial score (nSPS) is 14.8. The van der Waals surface area contributed by atoms with E-state index >= 15 is 0 Å². The van der Waals surface area contributed by atoms with Crippen molar-refractivity contribution in [1.82, 2.24) is 4.90 Å². The molecule has 0 aromatic heterocycles. The molecule has 0 fully saturated rings. The van der Waals surface area contributed by atoms with Crippen LogP contribution in [0.1, 0.15) is 48.0 Å². The van der Waals surface area contributed by atoms with Crippen molar-refractivity contribution in [3.63, 3.8) is 0 Å². The monoisotopic (exact) mass is 171 g/mol. The summed E-state index contributed by atoms with van der Waals surface area (Å²) in [6, 6.07) is 1.40. The summed E-state index contributed by atoms with van der Waals surface area (Å²) < 4.78 is 0. The zero-order valence-electron chi connectivity index (χ0n) is 9.59. The molecule has 12 heavy (non-hydrogen) atoms. The van der Waals surface area contributed by atoms with Gasteiger partial charge in [-0.05, 0) is 39.7 Å². The van der Waals surface area contributed by atoms with Crippen LogP contribution in [0, 0.1) is 5.92 Å². The standard InChI is InChI=1S/C11H25N/c1-7-8-12(10(4)5)11(6)9(2)3/h9-11H,7-8H2,1-6H3. The molecule has 0 saturated heterocycles. The number of nitrogens with zero attached hydrogens (tertiary/aromatic N) is 1. The first kappa shape index (κ1) is 12.0. The van der Waals surface area contributed by atoms with E-state index in [1.807, 2.05) is 0 Å². The lowest BCUT2D eigenvalue weighted by Crippen LogP contribution is -2.41. The van der Waals surface area contributed by atoms with Gasteiger partial charge in [-0.1, -0.05) is 20.8 Å². The van der Waals surface area contributed by atoms with Crippen LogP contribution in [0.15, 0.2) is 0 Å². The highest BCUT2D eigenvalue weighted by molar-refractivity contribution is 4.72. The van der Waals surface area contributed by atoms with Gasteiger partial charge in [0, 0.05) is 12.1 Å². The van der Waals surface area contributed by atoms with Gasteiger partial charge < -0.3 is 0 Å². The molecule has 1 heteroatoms. The van der Waals surface area contributed by atoms with Crippen molar-refractivity contribution >= 4 is 0 Å². The molecule has 0 saturated carbocycles. The van der Waals surface area contributed by atoms with E-state index in [4.69, 9.17) is 0 Å². The third-order valence-corrected chi connectivity index (χ3v) is 2.63. The van der Waals surface area contributed by atoms with Crippen molar-refractivity contribution in [2.75, 3.05) is 6.54 Å². The molecule has 0 aliphatic heterocycles. The van der Waals surface area contributed by atoms with Gasteiger partial charge >= 0.3 is 0 Å². The summed E-state index contributed by atoms with van der Waals surface area (Å²) in [5, 5.41) is 0. The van der Waals surface area contributed by atoms with Crippen LogP contribution in [-0.2, 0) is 0 Å². The van der Waals surface area contributed by atoms with Crippen molar-refractivity contribution < 1.29 is 0 Å². The van der Waals surface area contributed by atoms with Crippen molar-refractivity contribution in [2.45, 2.75) is 60.0 Å². The Labute approximate surface area is 78.1 Å². The minimum absolute atomic E-state index is 0.683. The van der Waals surface area contributed by atoms with Crippen molar-refractivity contribution in [2.24, 2.45) is 5.92 Å². The molecule has 0 bridgehead atoms. The van der Waals surface area contributed by atoms with Crippen LogP contribution in [0.4, 0.5) is 0 Å². The highest BCUT2D eigenvalue weighted by Crippen LogP contribution is 2.13. The second-order valence-corrected chi connectivity index (χ2v) is 4.32. The van der Waals surface area contributed by atoms with E-state index in [0.29, 0.717) is 12.1 Å². The molecule has 0 aliphatic rings. The topological polar surface area (TPSA) is 3.24 Å². The van der Waals surface area contributed by atoms with Gasteiger partial charge in [0.15, 0.2) is 0 Å². The van der Waals surface area contributed by atoms with E-state index in [1.54, 1.807) is 0 Å². The molecule has 0 aliphatic carbocycles. The van der Waals surface area contributed by atoms with Crippen LogP contribution >= 0.6 is 0 Å². The lowest BCUT2D eigenvalue weighted by molar-refractivity contribution is 0.130. The quantitative estimate of drug-likeness (QED) is 0.614. The van der Waals surface area contributed by atoms with Crippen LogP contribution in [0.5, 0.6) is 0 Å². The van der Waals surface area contributed by atoms with Crippen LogP contribution < -0.4 is 0 Å². The highest BCUT2D eigenvalue weighted by atomic mass is 15.2. The molecule has 0 N–H and O–H groups in total. The van der Waals surface area contributed by atoms with Crippen molar-refractivity contribution in [1.29, 1.82) is 0 Å². The minimum atomic E-state index is 0.683. The second-order valence-electron chi connectivity index (χ2n) is 4.32. The Hall–Kier alpha value is -0.0400. The first-order valence-corrected chi connectivity index (χ1v) is 5.26. The first-order valence-electron chi connectivity index (χ1n) is 5.26. The van der Waals surface area contributed by atoms with E-state index in [0.717, 1.165) is 5.92 Å². The SMILES string of the molecule is CCCN(C(C)C)C(C)C(C)C. The fourth-order valence-corrected chi connectivity index (χ4v) is 1.57. The summed E-state index contributed by atoms with van der Waals surface area (Å²) in [6.07, 6.45) is 1.26. The third kappa shape index (κ3) is 3.57. The van der Waals surface area contributed by atoms with E-state index in [-0.39, 0.29) is 0 Å². The molecule has 74 valence electrons. The number of hydrogen-bond acceptors (Lipinski definition) is 1. The summed E-state index contributed by atoms with van der Waals surface area (Å²) >= 11 is 0. The van der Waals surface area contributed by atoms with Gasteiger partial charge in [0.05, 0.1) is 0 Å². The molecular weight excluding hydrogens is 146 g/mol. The molecular formula is C11H25N. The summed E-state index contributed by atoms with van der Waals surface area (Å²) in [4.78, 5) is 2.59. The molecule has 0 rings (SSSR count). The van der Waals surface area contributed by atoms with Gasteiger partial charge in [-0.25, -0.2) is 0 Å². The van der Waals surface area contributed by atoms with Gasteiger partial charge in [-0.2, -0.15) is 0 Å². The lowest BCUT2D eigenvalue weighted by Gasteiger charge is -2.34. The van der Waals surface area contributed by atoms with Gasteiger partial charge in [-0.3, -0.25) is 4.90 Å². The summed E-state index contributed by atoms with van der Waals surface area (Å²) in [5.74, 6) is 0.763. The molecule has 1 atom stereocenters. The van der Waals surface area contributed by atoms with Crippen LogP contribution in [0.3, 0.4) is 0 Å². The average Bonchev–Trinajstić information content (AvgIpc) is 1.98. The maximum absolute atomic E-state index is 2.59. The highest BCUT2D eigenvalue weighted by Gasteiger charge is 2.18. The Morgan fingerprint density at radius 3 is 1.75 bits per heavy atom.